The van der Waals surface area contributed by atoms with E-state index in [1.165, 1.54) is 21.3 Å². The van der Waals surface area contributed by atoms with Gasteiger partial charge in [-0.3, -0.25) is 9.59 Å². The monoisotopic (exact) mass is 295 g/mol. The lowest BCUT2D eigenvalue weighted by molar-refractivity contribution is -0.141. The molecule has 0 saturated carbocycles. The largest absolute Gasteiger partial charge is 0.496 e. The van der Waals surface area contributed by atoms with E-state index in [0.29, 0.717) is 23.5 Å². The fourth-order valence-electron chi connectivity index (χ4n) is 1.91. The van der Waals surface area contributed by atoms with E-state index in [-0.39, 0.29) is 24.3 Å². The van der Waals surface area contributed by atoms with Gasteiger partial charge in [-0.2, -0.15) is 0 Å². The third kappa shape index (κ3) is 4.37. The minimum absolute atomic E-state index is 0.121. The molecular weight excluding hydrogens is 274 g/mol. The number of methoxy groups -OCH3 is 3. The smallest absolute Gasteiger partial charge is 0.307 e. The highest BCUT2D eigenvalue weighted by molar-refractivity contribution is 6.00. The van der Waals surface area contributed by atoms with Gasteiger partial charge in [-0.15, -0.1) is 0 Å². The maximum Gasteiger partial charge on any atom is 0.307 e. The van der Waals surface area contributed by atoms with Crippen LogP contribution in [0.15, 0.2) is 18.2 Å². The molecule has 1 unspecified atom stereocenters. The van der Waals surface area contributed by atoms with Crippen LogP contribution in [0.2, 0.25) is 0 Å². The summed E-state index contributed by atoms with van der Waals surface area (Å²) in [6, 6.07) is 4.79. The van der Waals surface area contributed by atoms with Gasteiger partial charge in [-0.1, -0.05) is 13.0 Å². The summed E-state index contributed by atoms with van der Waals surface area (Å²) in [6.45, 7) is 1.88. The summed E-state index contributed by atoms with van der Waals surface area (Å²) in [4.78, 5) is 23.7. The Balaban J connectivity index is 2.94. The van der Waals surface area contributed by atoms with Crippen LogP contribution in [0.5, 0.6) is 11.5 Å². The normalized spacial score (nSPS) is 11.4. The third-order valence-electron chi connectivity index (χ3n) is 3.12. The molecule has 0 saturated heterocycles. The second-order valence-corrected chi connectivity index (χ2v) is 4.40. The van der Waals surface area contributed by atoms with E-state index in [9.17, 15) is 9.59 Å². The fourth-order valence-corrected chi connectivity index (χ4v) is 1.91. The van der Waals surface area contributed by atoms with Gasteiger partial charge >= 0.3 is 5.97 Å². The molecule has 0 bridgehead atoms. The standard InChI is InChI=1S/C15H21NO5/c1-5-10(9-13(17)21-4)16-15(18)14-11(19-2)7-6-8-12(14)20-3/h6-8,10H,5,9H2,1-4H3,(H,16,18). The Hall–Kier alpha value is -2.24. The lowest BCUT2D eigenvalue weighted by Gasteiger charge is -2.18. The lowest BCUT2D eigenvalue weighted by atomic mass is 10.1. The molecule has 0 radical (unpaired) electrons. The van der Waals surface area contributed by atoms with Gasteiger partial charge in [0.15, 0.2) is 0 Å². The van der Waals surface area contributed by atoms with Crippen LogP contribution in [0.1, 0.15) is 30.1 Å². The summed E-state index contributed by atoms with van der Waals surface area (Å²) in [5, 5.41) is 2.80. The number of amides is 1. The number of esters is 1. The molecule has 0 aliphatic heterocycles. The Morgan fingerprint density at radius 2 is 1.71 bits per heavy atom. The van der Waals surface area contributed by atoms with E-state index < -0.39 is 0 Å². The van der Waals surface area contributed by atoms with Crippen LogP contribution in [-0.4, -0.2) is 39.2 Å². The average molecular weight is 295 g/mol. The van der Waals surface area contributed by atoms with E-state index in [1.807, 2.05) is 6.92 Å². The van der Waals surface area contributed by atoms with Crippen molar-refractivity contribution in [2.75, 3.05) is 21.3 Å². The van der Waals surface area contributed by atoms with Gasteiger partial charge in [-0.25, -0.2) is 0 Å². The first kappa shape index (κ1) is 16.8. The first-order valence-electron chi connectivity index (χ1n) is 6.66. The highest BCUT2D eigenvalue weighted by Gasteiger charge is 2.22. The van der Waals surface area contributed by atoms with Crippen molar-refractivity contribution in [2.24, 2.45) is 0 Å². The summed E-state index contributed by atoms with van der Waals surface area (Å²) in [5.74, 6) is 0.119. The molecule has 1 aromatic rings. The van der Waals surface area contributed by atoms with E-state index in [1.54, 1.807) is 18.2 Å². The molecule has 1 atom stereocenters. The van der Waals surface area contributed by atoms with Crippen LogP contribution in [0.3, 0.4) is 0 Å². The van der Waals surface area contributed by atoms with Crippen LogP contribution >= 0.6 is 0 Å². The lowest BCUT2D eigenvalue weighted by Crippen LogP contribution is -2.36. The summed E-state index contributed by atoms with van der Waals surface area (Å²) >= 11 is 0. The number of ether oxygens (including phenoxy) is 3. The number of nitrogens with one attached hydrogen (secondary N) is 1. The molecule has 1 amide bonds. The second-order valence-electron chi connectivity index (χ2n) is 4.40. The predicted octanol–water partition coefficient (Wildman–Crippen LogP) is 1.78. The molecule has 0 heterocycles. The van der Waals surface area contributed by atoms with E-state index in [0.717, 1.165) is 0 Å². The minimum Gasteiger partial charge on any atom is -0.496 e. The highest BCUT2D eigenvalue weighted by atomic mass is 16.5. The van der Waals surface area contributed by atoms with Crippen LogP contribution < -0.4 is 14.8 Å². The maximum absolute atomic E-state index is 12.4. The molecule has 6 nitrogen and oxygen atoms in total. The SMILES string of the molecule is CCC(CC(=O)OC)NC(=O)c1c(OC)cccc1OC. The van der Waals surface area contributed by atoms with Crippen molar-refractivity contribution in [3.8, 4) is 11.5 Å². The number of carbonyl (C=O) groups excluding carboxylic acids is 2. The number of carbonyl (C=O) groups is 2. The van der Waals surface area contributed by atoms with Crippen molar-refractivity contribution in [3.63, 3.8) is 0 Å². The molecule has 1 N–H and O–H groups in total. The van der Waals surface area contributed by atoms with Gasteiger partial charge in [0.05, 0.1) is 27.8 Å². The van der Waals surface area contributed by atoms with Crippen molar-refractivity contribution < 1.29 is 23.8 Å². The maximum atomic E-state index is 12.4. The zero-order valence-corrected chi connectivity index (χ0v) is 12.8. The quantitative estimate of drug-likeness (QED) is 0.776. The van der Waals surface area contributed by atoms with E-state index in [2.05, 4.69) is 10.1 Å². The van der Waals surface area contributed by atoms with E-state index in [4.69, 9.17) is 9.47 Å². The average Bonchev–Trinajstić information content (AvgIpc) is 2.52. The number of rotatable bonds is 7. The third-order valence-corrected chi connectivity index (χ3v) is 3.12. The molecule has 1 rings (SSSR count). The molecule has 21 heavy (non-hydrogen) atoms. The minimum atomic E-state index is -0.367. The topological polar surface area (TPSA) is 73.9 Å². The van der Waals surface area contributed by atoms with Crippen LogP contribution in [0.4, 0.5) is 0 Å². The molecule has 0 aliphatic rings. The van der Waals surface area contributed by atoms with Crippen molar-refractivity contribution in [3.05, 3.63) is 23.8 Å². The van der Waals surface area contributed by atoms with Crippen molar-refractivity contribution in [1.29, 1.82) is 0 Å². The van der Waals surface area contributed by atoms with Crippen molar-refractivity contribution in [1.82, 2.24) is 5.32 Å². The van der Waals surface area contributed by atoms with Crippen molar-refractivity contribution in [2.45, 2.75) is 25.8 Å². The number of hydrogen-bond acceptors (Lipinski definition) is 5. The van der Waals surface area contributed by atoms with Gasteiger partial charge < -0.3 is 19.5 Å². The van der Waals surface area contributed by atoms with Crippen LogP contribution in [-0.2, 0) is 9.53 Å². The fraction of sp³-hybridized carbons (Fsp3) is 0.467. The molecule has 116 valence electrons. The van der Waals surface area contributed by atoms with Crippen molar-refractivity contribution >= 4 is 11.9 Å². The molecule has 0 aliphatic carbocycles. The van der Waals surface area contributed by atoms with Gasteiger partial charge in [0.2, 0.25) is 0 Å². The molecule has 1 aromatic carbocycles. The Bertz CT molecular complexity index is 479. The first-order chi connectivity index (χ1) is 10.1. The van der Waals surface area contributed by atoms with Crippen LogP contribution in [0, 0.1) is 0 Å². The molecular formula is C15H21NO5. The van der Waals surface area contributed by atoms with E-state index >= 15 is 0 Å². The highest BCUT2D eigenvalue weighted by Crippen LogP contribution is 2.28. The summed E-state index contributed by atoms with van der Waals surface area (Å²) in [6.07, 6.45) is 0.731. The number of hydrogen-bond donors (Lipinski definition) is 1. The predicted molar refractivity (Wildman–Crippen MR) is 77.7 cm³/mol. The zero-order valence-electron chi connectivity index (χ0n) is 12.8. The summed E-state index contributed by atoms with van der Waals surface area (Å²) < 4.78 is 15.0. The Morgan fingerprint density at radius 3 is 2.14 bits per heavy atom. The zero-order chi connectivity index (χ0) is 15.8. The Kier molecular flexibility index (Phi) is 6.52. The van der Waals surface area contributed by atoms with Crippen LogP contribution in [0.25, 0.3) is 0 Å². The first-order valence-corrected chi connectivity index (χ1v) is 6.66. The molecule has 0 aromatic heterocycles. The molecule has 0 spiro atoms. The Labute approximate surface area is 124 Å². The second kappa shape index (κ2) is 8.14. The Morgan fingerprint density at radius 1 is 1.14 bits per heavy atom. The summed E-state index contributed by atoms with van der Waals surface area (Å²) in [7, 11) is 4.29. The van der Waals surface area contributed by atoms with Gasteiger partial charge in [0, 0.05) is 6.04 Å². The summed E-state index contributed by atoms with van der Waals surface area (Å²) in [5.41, 5.74) is 0.311. The molecule has 6 heteroatoms. The van der Waals surface area contributed by atoms with Gasteiger partial charge in [0.1, 0.15) is 17.1 Å². The van der Waals surface area contributed by atoms with Gasteiger partial charge in [-0.05, 0) is 18.6 Å². The number of benzene rings is 1. The van der Waals surface area contributed by atoms with Gasteiger partial charge in [0.25, 0.3) is 5.91 Å². The molecule has 0 fully saturated rings.